The highest BCUT2D eigenvalue weighted by Gasteiger charge is 2.26. The molecule has 6 rings (SSSR count). The van der Waals surface area contributed by atoms with E-state index in [1.54, 1.807) is 17.1 Å². The van der Waals surface area contributed by atoms with Crippen LogP contribution in [0.25, 0.3) is 11.2 Å². The summed E-state index contributed by atoms with van der Waals surface area (Å²) in [5.41, 5.74) is 8.53. The zero-order valence-corrected chi connectivity index (χ0v) is 20.7. The number of benzene rings is 2. The highest BCUT2D eigenvalue weighted by Crippen LogP contribution is 2.28. The van der Waals surface area contributed by atoms with Gasteiger partial charge in [0.15, 0.2) is 17.0 Å². The molecule has 2 aliphatic rings. The van der Waals surface area contributed by atoms with Gasteiger partial charge in [0.25, 0.3) is 0 Å². The molecule has 2 aromatic heterocycles. The van der Waals surface area contributed by atoms with Gasteiger partial charge >= 0.3 is 0 Å². The first kappa shape index (κ1) is 23.1. The van der Waals surface area contributed by atoms with E-state index in [1.165, 1.54) is 5.56 Å². The number of para-hydroxylation sites is 1. The molecule has 0 atom stereocenters. The Labute approximate surface area is 214 Å². The van der Waals surface area contributed by atoms with Crippen LogP contribution in [-0.4, -0.2) is 64.5 Å². The van der Waals surface area contributed by atoms with Gasteiger partial charge in [0.1, 0.15) is 6.54 Å². The summed E-state index contributed by atoms with van der Waals surface area (Å²) < 4.78 is 7.30. The minimum atomic E-state index is 0.00256. The number of anilines is 3. The maximum Gasteiger partial charge on any atom is 0.247 e. The molecule has 188 valence electrons. The number of nitrogens with zero attached hydrogens (tertiary/aromatic N) is 7. The summed E-state index contributed by atoms with van der Waals surface area (Å²) in [5.74, 6) is 1.06. The number of morpholine rings is 1. The van der Waals surface area contributed by atoms with Gasteiger partial charge in [0.05, 0.1) is 25.8 Å². The highest BCUT2D eigenvalue weighted by molar-refractivity contribution is 5.96. The van der Waals surface area contributed by atoms with Gasteiger partial charge < -0.3 is 19.1 Å². The Hall–Kier alpha value is -4.31. The Morgan fingerprint density at radius 1 is 1.11 bits per heavy atom. The molecule has 0 aliphatic carbocycles. The van der Waals surface area contributed by atoms with Crippen LogP contribution in [-0.2, 0) is 22.5 Å². The van der Waals surface area contributed by atoms with Crippen LogP contribution in [0.5, 0.6) is 0 Å². The van der Waals surface area contributed by atoms with Crippen LogP contribution in [0.1, 0.15) is 16.7 Å². The summed E-state index contributed by atoms with van der Waals surface area (Å²) in [6.45, 7) is 5.46. The minimum absolute atomic E-state index is 0.00256. The number of amides is 1. The molecule has 4 heterocycles. The van der Waals surface area contributed by atoms with Crippen LogP contribution in [0, 0.1) is 6.92 Å². The molecule has 4 aromatic rings. The summed E-state index contributed by atoms with van der Waals surface area (Å²) in [5, 5.41) is 4.41. The lowest BCUT2D eigenvalue weighted by Gasteiger charge is -2.27. The molecular weight excluding hydrogens is 468 g/mol. The number of hydrogen-bond acceptors (Lipinski definition) is 8. The van der Waals surface area contributed by atoms with Gasteiger partial charge in [-0.2, -0.15) is 15.1 Å². The Kier molecular flexibility index (Phi) is 6.23. The third-order valence-corrected chi connectivity index (χ3v) is 6.67. The molecule has 0 spiro atoms. The first-order chi connectivity index (χ1) is 18.2. The van der Waals surface area contributed by atoms with Crippen molar-refractivity contribution in [1.29, 1.82) is 0 Å². The van der Waals surface area contributed by atoms with Crippen molar-refractivity contribution in [3.05, 3.63) is 71.5 Å². The van der Waals surface area contributed by atoms with Crippen LogP contribution in [0.4, 0.5) is 17.5 Å². The van der Waals surface area contributed by atoms with Crippen molar-refractivity contribution in [2.24, 2.45) is 5.10 Å². The molecule has 1 fully saturated rings. The summed E-state index contributed by atoms with van der Waals surface area (Å²) in [6.07, 6.45) is 4.27. The summed E-state index contributed by atoms with van der Waals surface area (Å²) in [7, 11) is 0. The molecule has 1 saturated heterocycles. The highest BCUT2D eigenvalue weighted by atomic mass is 16.5. The van der Waals surface area contributed by atoms with Gasteiger partial charge in [0, 0.05) is 25.3 Å². The molecule has 1 amide bonds. The molecule has 2 aromatic carbocycles. The lowest BCUT2D eigenvalue weighted by Crippen LogP contribution is -2.37. The zero-order valence-electron chi connectivity index (χ0n) is 20.7. The Bertz CT molecular complexity index is 1470. The third kappa shape index (κ3) is 4.75. The molecule has 0 saturated carbocycles. The molecule has 10 nitrogen and oxygen atoms in total. The van der Waals surface area contributed by atoms with E-state index in [1.807, 2.05) is 48.2 Å². The Morgan fingerprint density at radius 2 is 1.97 bits per heavy atom. The maximum absolute atomic E-state index is 13.3. The second-order valence-electron chi connectivity index (χ2n) is 9.22. The van der Waals surface area contributed by atoms with Gasteiger partial charge in [-0.3, -0.25) is 10.2 Å². The molecule has 37 heavy (non-hydrogen) atoms. The van der Waals surface area contributed by atoms with E-state index >= 15 is 0 Å². The van der Waals surface area contributed by atoms with E-state index in [0.29, 0.717) is 55.8 Å². The molecule has 0 radical (unpaired) electrons. The summed E-state index contributed by atoms with van der Waals surface area (Å²) in [4.78, 5) is 31.3. The fourth-order valence-corrected chi connectivity index (χ4v) is 4.78. The Balaban J connectivity index is 1.31. The first-order valence-corrected chi connectivity index (χ1v) is 12.5. The van der Waals surface area contributed by atoms with Gasteiger partial charge in [-0.25, -0.2) is 4.98 Å². The van der Waals surface area contributed by atoms with Crippen molar-refractivity contribution in [2.45, 2.75) is 19.9 Å². The minimum Gasteiger partial charge on any atom is -0.378 e. The second kappa shape index (κ2) is 9.98. The van der Waals surface area contributed by atoms with E-state index in [-0.39, 0.29) is 12.5 Å². The maximum atomic E-state index is 13.3. The number of aromatic nitrogens is 4. The van der Waals surface area contributed by atoms with E-state index in [0.717, 1.165) is 23.2 Å². The standard InChI is InChI=1S/C27H28N8O2/c1-19-5-4-6-20(15-19)16-29-32-25-24-26(31-27(30-25)33-11-13-37-14-12-33)34(18-28-24)17-23(36)35-10-9-21-7-2-3-8-22(21)35/h2-8,15-16,18H,9-14,17H2,1H3,(H,30,31,32). The van der Waals surface area contributed by atoms with Crippen molar-refractivity contribution < 1.29 is 9.53 Å². The second-order valence-corrected chi connectivity index (χ2v) is 9.22. The average Bonchev–Trinajstić information content (AvgIpc) is 3.54. The number of nitrogens with one attached hydrogen (secondary N) is 1. The normalized spacial score (nSPS) is 15.5. The quantitative estimate of drug-likeness (QED) is 0.324. The molecule has 10 heteroatoms. The van der Waals surface area contributed by atoms with Gasteiger partial charge in [-0.1, -0.05) is 48.0 Å². The molecule has 1 N–H and O–H groups in total. The van der Waals surface area contributed by atoms with Crippen LogP contribution < -0.4 is 15.2 Å². The number of ether oxygens (including phenoxy) is 1. The monoisotopic (exact) mass is 496 g/mol. The number of rotatable bonds is 6. The van der Waals surface area contributed by atoms with Gasteiger partial charge in [-0.15, -0.1) is 0 Å². The predicted octanol–water partition coefficient (Wildman–Crippen LogP) is 3.01. The molecule has 0 unspecified atom stereocenters. The van der Waals surface area contributed by atoms with E-state index < -0.39 is 0 Å². The fourth-order valence-electron chi connectivity index (χ4n) is 4.78. The lowest BCUT2D eigenvalue weighted by molar-refractivity contribution is -0.119. The van der Waals surface area contributed by atoms with Crippen molar-refractivity contribution in [3.8, 4) is 0 Å². The van der Waals surface area contributed by atoms with Crippen molar-refractivity contribution in [3.63, 3.8) is 0 Å². The number of aryl methyl sites for hydroxylation is 1. The van der Waals surface area contributed by atoms with Crippen molar-refractivity contribution in [2.75, 3.05) is 48.1 Å². The number of carbonyl (C=O) groups is 1. The topological polar surface area (TPSA) is 101 Å². The van der Waals surface area contributed by atoms with E-state index in [2.05, 4.69) is 32.5 Å². The molecule has 0 bridgehead atoms. The third-order valence-electron chi connectivity index (χ3n) is 6.67. The van der Waals surface area contributed by atoms with Crippen LogP contribution in [0.3, 0.4) is 0 Å². The van der Waals surface area contributed by atoms with Crippen molar-refractivity contribution in [1.82, 2.24) is 19.5 Å². The molecule has 2 aliphatic heterocycles. The van der Waals surface area contributed by atoms with E-state index in [4.69, 9.17) is 14.7 Å². The smallest absolute Gasteiger partial charge is 0.247 e. The van der Waals surface area contributed by atoms with Crippen molar-refractivity contribution >= 4 is 40.7 Å². The summed E-state index contributed by atoms with van der Waals surface area (Å²) >= 11 is 0. The predicted molar refractivity (Wildman–Crippen MR) is 143 cm³/mol. The lowest BCUT2D eigenvalue weighted by atomic mass is 10.2. The van der Waals surface area contributed by atoms with Crippen LogP contribution in [0.2, 0.25) is 0 Å². The van der Waals surface area contributed by atoms with Gasteiger partial charge in [0.2, 0.25) is 11.9 Å². The fraction of sp³-hybridized carbons (Fsp3) is 0.296. The number of carbonyl (C=O) groups excluding carboxylic acids is 1. The average molecular weight is 497 g/mol. The van der Waals surface area contributed by atoms with Gasteiger partial charge in [-0.05, 0) is 30.5 Å². The summed E-state index contributed by atoms with van der Waals surface area (Å²) in [6, 6.07) is 16.1. The molecular formula is C27H28N8O2. The number of imidazole rings is 1. The number of hydrogen-bond donors (Lipinski definition) is 1. The Morgan fingerprint density at radius 3 is 2.84 bits per heavy atom. The van der Waals surface area contributed by atoms with E-state index in [9.17, 15) is 4.79 Å². The zero-order chi connectivity index (χ0) is 25.2. The number of fused-ring (bicyclic) bond motifs is 2. The number of hydrazone groups is 1. The first-order valence-electron chi connectivity index (χ1n) is 12.5. The largest absolute Gasteiger partial charge is 0.378 e. The van der Waals surface area contributed by atoms with Crippen LogP contribution in [0.15, 0.2) is 60.0 Å². The SMILES string of the molecule is Cc1cccc(C=NNc2nc(N3CCOCC3)nc3c2ncn3CC(=O)N2CCc3ccccc32)c1. The van der Waals surface area contributed by atoms with Crippen LogP contribution >= 0.6 is 0 Å².